The second kappa shape index (κ2) is 8.16. The second-order valence-electron chi connectivity index (χ2n) is 6.70. The van der Waals surface area contributed by atoms with E-state index in [1.54, 1.807) is 24.3 Å². The Labute approximate surface area is 157 Å². The van der Waals surface area contributed by atoms with Gasteiger partial charge in [0.15, 0.2) is 0 Å². The highest BCUT2D eigenvalue weighted by Gasteiger charge is 2.46. The first-order chi connectivity index (χ1) is 13.0. The first-order valence-electron chi connectivity index (χ1n) is 8.95. The van der Waals surface area contributed by atoms with Gasteiger partial charge in [0, 0.05) is 19.5 Å². The lowest BCUT2D eigenvalue weighted by molar-refractivity contribution is -0.140. The van der Waals surface area contributed by atoms with Gasteiger partial charge in [-0.25, -0.2) is 4.79 Å². The van der Waals surface area contributed by atoms with E-state index in [0.717, 1.165) is 5.56 Å². The molecule has 0 aromatic heterocycles. The van der Waals surface area contributed by atoms with Crippen LogP contribution in [0.5, 0.6) is 0 Å². The summed E-state index contributed by atoms with van der Waals surface area (Å²) in [5.41, 5.74) is 1.27. The largest absolute Gasteiger partial charge is 0.465 e. The van der Waals surface area contributed by atoms with Crippen molar-refractivity contribution >= 4 is 23.7 Å². The topological polar surface area (TPSA) is 92.8 Å². The Morgan fingerprint density at radius 2 is 1.67 bits per heavy atom. The van der Waals surface area contributed by atoms with Gasteiger partial charge in [0.2, 0.25) is 17.7 Å². The zero-order chi connectivity index (χ0) is 19.4. The van der Waals surface area contributed by atoms with Crippen LogP contribution in [0, 0.1) is 11.8 Å². The number of likely N-dealkylation sites (tertiary alicyclic amines) is 1. The van der Waals surface area contributed by atoms with Gasteiger partial charge in [-0.2, -0.15) is 0 Å². The maximum absolute atomic E-state index is 12.4. The molecule has 7 heteroatoms. The monoisotopic (exact) mass is 370 g/mol. The molecule has 1 fully saturated rings. The number of carbonyl (C=O) groups excluding carboxylic acids is 4. The summed E-state index contributed by atoms with van der Waals surface area (Å²) in [5, 5.41) is 2.76. The lowest BCUT2D eigenvalue weighted by Crippen LogP contribution is -2.35. The average molecular weight is 370 g/mol. The summed E-state index contributed by atoms with van der Waals surface area (Å²) in [6.45, 7) is 0.412. The van der Waals surface area contributed by atoms with E-state index in [0.29, 0.717) is 24.9 Å². The minimum absolute atomic E-state index is 0.0740. The van der Waals surface area contributed by atoms with Crippen molar-refractivity contribution in [3.8, 4) is 0 Å². The van der Waals surface area contributed by atoms with E-state index >= 15 is 0 Å². The van der Waals surface area contributed by atoms with E-state index in [-0.39, 0.29) is 42.5 Å². The number of nitrogens with zero attached hydrogens (tertiary/aromatic N) is 1. The molecule has 3 amide bonds. The van der Waals surface area contributed by atoms with Crippen molar-refractivity contribution in [3.05, 3.63) is 47.5 Å². The number of ether oxygens (including phenoxy) is 1. The third kappa shape index (κ3) is 4.07. The zero-order valence-electron chi connectivity index (χ0n) is 15.1. The van der Waals surface area contributed by atoms with Gasteiger partial charge in [0.25, 0.3) is 0 Å². The summed E-state index contributed by atoms with van der Waals surface area (Å²) in [4.78, 5) is 49.4. The first kappa shape index (κ1) is 18.8. The highest BCUT2D eigenvalue weighted by Crippen LogP contribution is 2.34. The number of allylic oxidation sites excluding steroid dienone is 2. The van der Waals surface area contributed by atoms with Crippen LogP contribution in [0.3, 0.4) is 0 Å². The predicted octanol–water partition coefficient (Wildman–Crippen LogP) is 1.43. The van der Waals surface area contributed by atoms with Crippen LogP contribution in [0.4, 0.5) is 0 Å². The summed E-state index contributed by atoms with van der Waals surface area (Å²) in [5.74, 6) is -1.51. The quantitative estimate of drug-likeness (QED) is 0.465. The number of carbonyl (C=O) groups is 4. The Kier molecular flexibility index (Phi) is 5.69. The average Bonchev–Trinajstić information content (AvgIpc) is 2.95. The molecule has 1 N–H and O–H groups in total. The standard InChI is InChI=1S/C20H22N2O5/c1-27-20(26)14-8-6-13(7-9-14)12-21-17(23)10-11-22-18(24)15-4-2-3-5-16(15)19(22)25/h2-3,6-9,15-16H,4-5,10-12H2,1H3,(H,21,23). The number of benzene rings is 1. The fourth-order valence-electron chi connectivity index (χ4n) is 3.47. The Morgan fingerprint density at radius 1 is 1.07 bits per heavy atom. The fourth-order valence-corrected chi connectivity index (χ4v) is 3.47. The molecule has 0 spiro atoms. The molecule has 7 nitrogen and oxygen atoms in total. The Morgan fingerprint density at radius 3 is 2.22 bits per heavy atom. The minimum atomic E-state index is -0.415. The summed E-state index contributed by atoms with van der Waals surface area (Å²) >= 11 is 0. The van der Waals surface area contributed by atoms with Crippen LogP contribution >= 0.6 is 0 Å². The number of imide groups is 1. The number of fused-ring (bicyclic) bond motifs is 1. The smallest absolute Gasteiger partial charge is 0.337 e. The van der Waals surface area contributed by atoms with E-state index < -0.39 is 5.97 Å². The van der Waals surface area contributed by atoms with Crippen molar-refractivity contribution in [2.45, 2.75) is 25.8 Å². The van der Waals surface area contributed by atoms with Gasteiger partial charge >= 0.3 is 5.97 Å². The second-order valence-corrected chi connectivity index (χ2v) is 6.70. The molecule has 0 bridgehead atoms. The molecular weight excluding hydrogens is 348 g/mol. The van der Waals surface area contributed by atoms with Gasteiger partial charge in [0.05, 0.1) is 24.5 Å². The molecule has 2 atom stereocenters. The maximum Gasteiger partial charge on any atom is 0.337 e. The lowest BCUT2D eigenvalue weighted by Gasteiger charge is -2.14. The van der Waals surface area contributed by atoms with E-state index in [9.17, 15) is 19.2 Å². The normalized spacial score (nSPS) is 21.1. The summed E-state index contributed by atoms with van der Waals surface area (Å²) < 4.78 is 4.64. The predicted molar refractivity (Wildman–Crippen MR) is 96.3 cm³/mol. The van der Waals surface area contributed by atoms with Crippen molar-refractivity contribution in [1.29, 1.82) is 0 Å². The van der Waals surface area contributed by atoms with Crippen molar-refractivity contribution in [3.63, 3.8) is 0 Å². The summed E-state index contributed by atoms with van der Waals surface area (Å²) in [6, 6.07) is 6.73. The third-order valence-electron chi connectivity index (χ3n) is 5.03. The number of nitrogens with one attached hydrogen (secondary N) is 1. The highest BCUT2D eigenvalue weighted by molar-refractivity contribution is 6.05. The van der Waals surface area contributed by atoms with Crippen LogP contribution in [0.15, 0.2) is 36.4 Å². The molecule has 1 saturated heterocycles. The van der Waals surface area contributed by atoms with Crippen LogP contribution in [0.1, 0.15) is 35.2 Å². The SMILES string of the molecule is COC(=O)c1ccc(CNC(=O)CCN2C(=O)C3CC=CCC3C2=O)cc1. The highest BCUT2D eigenvalue weighted by atomic mass is 16.5. The van der Waals surface area contributed by atoms with Crippen molar-refractivity contribution in [1.82, 2.24) is 10.2 Å². The Hall–Kier alpha value is -2.96. The van der Waals surface area contributed by atoms with Crippen LogP contribution in [-0.2, 0) is 25.7 Å². The van der Waals surface area contributed by atoms with Crippen LogP contribution in [0.25, 0.3) is 0 Å². The molecular formula is C20H22N2O5. The van der Waals surface area contributed by atoms with Crippen LogP contribution in [-0.4, -0.2) is 42.2 Å². The molecule has 27 heavy (non-hydrogen) atoms. The number of rotatable bonds is 6. The van der Waals surface area contributed by atoms with E-state index in [1.165, 1.54) is 12.0 Å². The van der Waals surface area contributed by atoms with Crippen LogP contribution in [0.2, 0.25) is 0 Å². The van der Waals surface area contributed by atoms with Gasteiger partial charge < -0.3 is 10.1 Å². The summed E-state index contributed by atoms with van der Waals surface area (Å²) in [6.07, 6.45) is 5.14. The van der Waals surface area contributed by atoms with Gasteiger partial charge in [-0.05, 0) is 30.5 Å². The van der Waals surface area contributed by atoms with E-state index in [2.05, 4.69) is 10.1 Å². The van der Waals surface area contributed by atoms with E-state index in [4.69, 9.17) is 0 Å². The molecule has 1 aliphatic carbocycles. The lowest BCUT2D eigenvalue weighted by atomic mass is 9.85. The number of methoxy groups -OCH3 is 1. The molecule has 1 aromatic carbocycles. The van der Waals surface area contributed by atoms with Crippen molar-refractivity contribution in [2.24, 2.45) is 11.8 Å². The molecule has 2 unspecified atom stereocenters. The number of amides is 3. The minimum Gasteiger partial charge on any atom is -0.465 e. The fraction of sp³-hybridized carbons (Fsp3) is 0.400. The molecule has 1 aromatic rings. The molecule has 142 valence electrons. The van der Waals surface area contributed by atoms with Crippen molar-refractivity contribution < 1.29 is 23.9 Å². The molecule has 0 saturated carbocycles. The van der Waals surface area contributed by atoms with Crippen molar-refractivity contribution in [2.75, 3.05) is 13.7 Å². The Balaban J connectivity index is 1.47. The van der Waals surface area contributed by atoms with Gasteiger partial charge in [-0.1, -0.05) is 24.3 Å². The molecule has 2 aliphatic rings. The number of hydrogen-bond donors (Lipinski definition) is 1. The molecule has 0 radical (unpaired) electrons. The van der Waals surface area contributed by atoms with Crippen LogP contribution < -0.4 is 5.32 Å². The molecule has 1 heterocycles. The van der Waals surface area contributed by atoms with Gasteiger partial charge in [0.1, 0.15) is 0 Å². The Bertz CT molecular complexity index is 758. The summed E-state index contributed by atoms with van der Waals surface area (Å²) in [7, 11) is 1.32. The van der Waals surface area contributed by atoms with E-state index in [1.807, 2.05) is 12.2 Å². The molecule has 1 aliphatic heterocycles. The zero-order valence-corrected chi connectivity index (χ0v) is 15.1. The molecule has 3 rings (SSSR count). The third-order valence-corrected chi connectivity index (χ3v) is 5.03. The van der Waals surface area contributed by atoms with Gasteiger partial charge in [-0.3, -0.25) is 19.3 Å². The number of esters is 1. The first-order valence-corrected chi connectivity index (χ1v) is 8.95. The van der Waals surface area contributed by atoms with Gasteiger partial charge in [-0.15, -0.1) is 0 Å². The number of hydrogen-bond acceptors (Lipinski definition) is 5. The maximum atomic E-state index is 12.4.